The van der Waals surface area contributed by atoms with Crippen LogP contribution in [0.25, 0.3) is 0 Å². The van der Waals surface area contributed by atoms with Crippen molar-refractivity contribution in [2.75, 3.05) is 31.8 Å². The van der Waals surface area contributed by atoms with Gasteiger partial charge in [-0.1, -0.05) is 0 Å². The fourth-order valence-electron chi connectivity index (χ4n) is 1.43. The van der Waals surface area contributed by atoms with Gasteiger partial charge in [-0.3, -0.25) is 4.79 Å². The molecule has 1 unspecified atom stereocenters. The highest BCUT2D eigenvalue weighted by Crippen LogP contribution is 2.28. The molecule has 3 N–H and O–H groups in total. The molecule has 0 radical (unpaired) electrons. The van der Waals surface area contributed by atoms with Gasteiger partial charge < -0.3 is 9.84 Å². The number of carboxylic acid groups (broad SMARTS) is 1. The molecule has 17 heavy (non-hydrogen) atoms. The Balaban J connectivity index is 2.64. The number of hydrogen-bond donors (Lipinski definition) is 3. The van der Waals surface area contributed by atoms with Crippen LogP contribution in [0.5, 0.6) is 0 Å². The molecule has 1 aliphatic rings. The number of methoxy groups -OCH3 is 1. The van der Waals surface area contributed by atoms with E-state index in [-0.39, 0.29) is 25.3 Å². The number of nitrogens with one attached hydrogen (secondary N) is 2. The van der Waals surface area contributed by atoms with Crippen molar-refractivity contribution in [2.45, 2.75) is 12.0 Å². The predicted octanol–water partition coefficient (Wildman–Crippen LogP) is -0.983. The summed E-state index contributed by atoms with van der Waals surface area (Å²) in [5.41, 5.74) is -1.39. The zero-order valence-corrected chi connectivity index (χ0v) is 11.1. The maximum absolute atomic E-state index is 11.6. The minimum Gasteiger partial charge on any atom is -0.480 e. The first-order valence-electron chi connectivity index (χ1n) is 5.00. The van der Waals surface area contributed by atoms with Crippen molar-refractivity contribution in [3.63, 3.8) is 0 Å². The van der Waals surface area contributed by atoms with E-state index in [1.807, 2.05) is 0 Å². The van der Waals surface area contributed by atoms with Crippen LogP contribution in [0.3, 0.4) is 0 Å². The molecule has 1 aliphatic heterocycles. The van der Waals surface area contributed by atoms with Crippen LogP contribution in [-0.2, 0) is 19.7 Å². The number of hydrogen-bond acceptors (Lipinski definition) is 5. The average Bonchev–Trinajstić information content (AvgIpc) is 2.67. The number of carboxylic acids is 1. The van der Waals surface area contributed by atoms with Gasteiger partial charge in [0.25, 0.3) is 10.2 Å². The minimum absolute atomic E-state index is 0.106. The fourth-order valence-corrected chi connectivity index (χ4v) is 4.05. The third-order valence-electron chi connectivity index (χ3n) is 2.36. The van der Waals surface area contributed by atoms with Crippen LogP contribution in [0.15, 0.2) is 0 Å². The van der Waals surface area contributed by atoms with Crippen LogP contribution in [0.4, 0.5) is 0 Å². The number of thioether (sulfide) groups is 1. The van der Waals surface area contributed by atoms with Gasteiger partial charge in [0.2, 0.25) is 0 Å². The molecular formula is C8H16N2O5S2. The van der Waals surface area contributed by atoms with Crippen molar-refractivity contribution in [1.82, 2.24) is 9.44 Å². The van der Waals surface area contributed by atoms with Gasteiger partial charge in [-0.2, -0.15) is 29.6 Å². The summed E-state index contributed by atoms with van der Waals surface area (Å²) in [5, 5.41) is 9.11. The average molecular weight is 284 g/mol. The smallest absolute Gasteiger partial charge is 0.325 e. The van der Waals surface area contributed by atoms with Crippen molar-refractivity contribution in [3.05, 3.63) is 0 Å². The molecule has 7 nitrogen and oxygen atoms in total. The van der Waals surface area contributed by atoms with E-state index >= 15 is 0 Å². The van der Waals surface area contributed by atoms with E-state index in [9.17, 15) is 13.2 Å². The van der Waals surface area contributed by atoms with E-state index in [1.54, 1.807) is 0 Å². The second-order valence-electron chi connectivity index (χ2n) is 3.68. The van der Waals surface area contributed by atoms with Crippen LogP contribution in [0.1, 0.15) is 6.42 Å². The maximum atomic E-state index is 11.6. The van der Waals surface area contributed by atoms with Gasteiger partial charge in [-0.15, -0.1) is 0 Å². The van der Waals surface area contributed by atoms with Crippen molar-refractivity contribution in [3.8, 4) is 0 Å². The number of rotatable bonds is 7. The summed E-state index contributed by atoms with van der Waals surface area (Å²) in [4.78, 5) is 11.1. The molecule has 1 saturated heterocycles. The second kappa shape index (κ2) is 6.01. The number of ether oxygens (including phenoxy) is 1. The van der Waals surface area contributed by atoms with E-state index in [0.717, 1.165) is 0 Å². The topological polar surface area (TPSA) is 105 Å². The standard InChI is InChI=1S/C8H16N2O5S2/c1-15-4-3-9-17(13,14)10-8(7(11)12)2-5-16-6-8/h9-10H,2-6H2,1H3,(H,11,12). The zero-order valence-electron chi connectivity index (χ0n) is 9.43. The lowest BCUT2D eigenvalue weighted by Gasteiger charge is -2.24. The molecule has 0 saturated carbocycles. The first-order chi connectivity index (χ1) is 7.92. The summed E-state index contributed by atoms with van der Waals surface area (Å²) >= 11 is 1.42. The first kappa shape index (κ1) is 14.7. The lowest BCUT2D eigenvalue weighted by Crippen LogP contribution is -2.57. The molecule has 0 aliphatic carbocycles. The second-order valence-corrected chi connectivity index (χ2v) is 6.29. The summed E-state index contributed by atoms with van der Waals surface area (Å²) in [6, 6.07) is 0. The zero-order chi connectivity index (χ0) is 12.9. The number of aliphatic carboxylic acids is 1. The van der Waals surface area contributed by atoms with E-state index in [2.05, 4.69) is 9.44 Å². The van der Waals surface area contributed by atoms with Gasteiger partial charge in [-0.25, -0.2) is 0 Å². The third kappa shape index (κ3) is 4.11. The van der Waals surface area contributed by atoms with Crippen molar-refractivity contribution < 1.29 is 23.1 Å². The quantitative estimate of drug-likeness (QED) is 0.519. The molecule has 0 aromatic heterocycles. The molecule has 1 atom stereocenters. The predicted molar refractivity (Wildman–Crippen MR) is 64.2 cm³/mol. The molecule has 0 bridgehead atoms. The van der Waals surface area contributed by atoms with Crippen LogP contribution >= 0.6 is 11.8 Å². The lowest BCUT2D eigenvalue weighted by molar-refractivity contribution is -0.142. The highest BCUT2D eigenvalue weighted by Gasteiger charge is 2.44. The van der Waals surface area contributed by atoms with E-state index in [1.165, 1.54) is 18.9 Å². The Morgan fingerprint density at radius 3 is 2.76 bits per heavy atom. The summed E-state index contributed by atoms with van der Waals surface area (Å²) in [6.45, 7) is 0.338. The molecule has 1 rings (SSSR count). The Labute approximate surface area is 104 Å². The van der Waals surface area contributed by atoms with Gasteiger partial charge in [0.1, 0.15) is 5.54 Å². The minimum atomic E-state index is -3.81. The molecule has 0 aromatic rings. The normalized spacial score (nSPS) is 25.0. The van der Waals surface area contributed by atoms with Gasteiger partial charge in [0.05, 0.1) is 6.61 Å². The van der Waals surface area contributed by atoms with Gasteiger partial charge in [0, 0.05) is 19.4 Å². The number of carbonyl (C=O) groups is 1. The monoisotopic (exact) mass is 284 g/mol. The van der Waals surface area contributed by atoms with Crippen LogP contribution in [-0.4, -0.2) is 56.8 Å². The Kier molecular flexibility index (Phi) is 5.20. The van der Waals surface area contributed by atoms with Gasteiger partial charge in [-0.05, 0) is 12.2 Å². The molecule has 0 aromatic carbocycles. The molecule has 9 heteroatoms. The van der Waals surface area contributed by atoms with Gasteiger partial charge >= 0.3 is 5.97 Å². The summed E-state index contributed by atoms with van der Waals surface area (Å²) in [5.74, 6) is -0.264. The Morgan fingerprint density at radius 2 is 2.29 bits per heavy atom. The van der Waals surface area contributed by atoms with E-state index in [0.29, 0.717) is 5.75 Å². The van der Waals surface area contributed by atoms with Crippen LogP contribution < -0.4 is 9.44 Å². The largest absolute Gasteiger partial charge is 0.480 e. The van der Waals surface area contributed by atoms with Gasteiger partial charge in [0.15, 0.2) is 0 Å². The third-order valence-corrected chi connectivity index (χ3v) is 4.79. The Bertz CT molecular complexity index is 364. The summed E-state index contributed by atoms with van der Waals surface area (Å²) in [6.07, 6.45) is 0.290. The van der Waals surface area contributed by atoms with E-state index < -0.39 is 21.7 Å². The SMILES string of the molecule is COCCNS(=O)(=O)NC1(C(=O)O)CCSC1. The highest BCUT2D eigenvalue weighted by molar-refractivity contribution is 7.99. The molecule has 1 heterocycles. The van der Waals surface area contributed by atoms with Crippen LogP contribution in [0, 0.1) is 0 Å². The first-order valence-corrected chi connectivity index (χ1v) is 7.64. The van der Waals surface area contributed by atoms with Crippen molar-refractivity contribution in [2.24, 2.45) is 0 Å². The molecule has 0 spiro atoms. The summed E-state index contributed by atoms with van der Waals surface area (Å²) in [7, 11) is -2.36. The molecular weight excluding hydrogens is 268 g/mol. The molecule has 0 amide bonds. The van der Waals surface area contributed by atoms with Crippen molar-refractivity contribution >= 4 is 27.9 Å². The summed E-state index contributed by atoms with van der Waals surface area (Å²) < 4.78 is 32.4. The Morgan fingerprint density at radius 1 is 1.59 bits per heavy atom. The van der Waals surface area contributed by atoms with Crippen LogP contribution in [0.2, 0.25) is 0 Å². The maximum Gasteiger partial charge on any atom is 0.325 e. The molecule has 100 valence electrons. The highest BCUT2D eigenvalue weighted by atomic mass is 32.2. The lowest BCUT2D eigenvalue weighted by atomic mass is 10.0. The Hall–Kier alpha value is -0.350. The van der Waals surface area contributed by atoms with Crippen molar-refractivity contribution in [1.29, 1.82) is 0 Å². The van der Waals surface area contributed by atoms with E-state index in [4.69, 9.17) is 9.84 Å². The molecule has 1 fully saturated rings. The fraction of sp³-hybridized carbons (Fsp3) is 0.875.